The molecule has 0 spiro atoms. The monoisotopic (exact) mass is 341 g/mol. The van der Waals surface area contributed by atoms with Crippen LogP contribution in [-0.2, 0) is 25.6 Å². The summed E-state index contributed by atoms with van der Waals surface area (Å²) in [4.78, 5) is 14.1. The maximum absolute atomic E-state index is 12.0. The van der Waals surface area contributed by atoms with Crippen molar-refractivity contribution in [3.05, 3.63) is 66.2 Å². The molecule has 2 unspecified atom stereocenters. The first kappa shape index (κ1) is 17.5. The van der Waals surface area contributed by atoms with Crippen LogP contribution in [0.5, 0.6) is 0 Å². The zero-order chi connectivity index (χ0) is 17.5. The van der Waals surface area contributed by atoms with Crippen LogP contribution in [0.1, 0.15) is 5.56 Å². The molecule has 1 aliphatic heterocycles. The van der Waals surface area contributed by atoms with Crippen LogP contribution >= 0.6 is 0 Å². The number of morpholine rings is 1. The summed E-state index contributed by atoms with van der Waals surface area (Å²) in [5.74, 6) is -0.353. The molecule has 0 radical (unpaired) electrons. The standard InChI is InChI=1S/C20H23NO4/c1-23-20(22)19-13-21(17-10-6-3-7-11-17)12-18(25-19)15-24-14-16-8-4-2-5-9-16/h2-11,18-19H,12-15H2,1H3. The molecule has 5 heteroatoms. The van der Waals surface area contributed by atoms with Gasteiger partial charge in [0.2, 0.25) is 0 Å². The van der Waals surface area contributed by atoms with Gasteiger partial charge < -0.3 is 19.1 Å². The van der Waals surface area contributed by atoms with Gasteiger partial charge in [0, 0.05) is 12.2 Å². The highest BCUT2D eigenvalue weighted by Crippen LogP contribution is 2.21. The summed E-state index contributed by atoms with van der Waals surface area (Å²) >= 11 is 0. The summed E-state index contributed by atoms with van der Waals surface area (Å²) in [7, 11) is 1.38. The van der Waals surface area contributed by atoms with E-state index in [9.17, 15) is 4.79 Å². The molecule has 1 fully saturated rings. The van der Waals surface area contributed by atoms with E-state index in [4.69, 9.17) is 14.2 Å². The summed E-state index contributed by atoms with van der Waals surface area (Å²) in [5, 5.41) is 0. The number of benzene rings is 2. The lowest BCUT2D eigenvalue weighted by Gasteiger charge is -2.38. The highest BCUT2D eigenvalue weighted by molar-refractivity contribution is 5.75. The second kappa shape index (κ2) is 8.65. The molecule has 1 aliphatic rings. The first-order valence-electron chi connectivity index (χ1n) is 8.41. The van der Waals surface area contributed by atoms with Crippen molar-refractivity contribution in [1.82, 2.24) is 0 Å². The minimum atomic E-state index is -0.607. The molecular formula is C20H23NO4. The topological polar surface area (TPSA) is 48.0 Å². The van der Waals surface area contributed by atoms with Crippen molar-refractivity contribution >= 4 is 11.7 Å². The molecule has 2 atom stereocenters. The van der Waals surface area contributed by atoms with Crippen molar-refractivity contribution in [1.29, 1.82) is 0 Å². The first-order valence-corrected chi connectivity index (χ1v) is 8.41. The molecule has 3 rings (SSSR count). The van der Waals surface area contributed by atoms with Crippen molar-refractivity contribution in [3.63, 3.8) is 0 Å². The average Bonchev–Trinajstić information content (AvgIpc) is 2.68. The van der Waals surface area contributed by atoms with Gasteiger partial charge in [0.25, 0.3) is 0 Å². The maximum Gasteiger partial charge on any atom is 0.336 e. The zero-order valence-electron chi connectivity index (χ0n) is 14.3. The summed E-state index contributed by atoms with van der Waals surface area (Å²) in [6.45, 7) is 2.10. The van der Waals surface area contributed by atoms with Crippen LogP contribution in [-0.4, -0.2) is 45.0 Å². The number of para-hydroxylation sites is 1. The molecule has 2 aromatic carbocycles. The van der Waals surface area contributed by atoms with Gasteiger partial charge in [-0.15, -0.1) is 0 Å². The maximum atomic E-state index is 12.0. The lowest BCUT2D eigenvalue weighted by Crippen LogP contribution is -2.52. The minimum Gasteiger partial charge on any atom is -0.467 e. The number of nitrogens with zero attached hydrogens (tertiary/aromatic N) is 1. The number of rotatable bonds is 6. The molecular weight excluding hydrogens is 318 g/mol. The number of carbonyl (C=O) groups is 1. The molecule has 5 nitrogen and oxygen atoms in total. The largest absolute Gasteiger partial charge is 0.467 e. The van der Waals surface area contributed by atoms with Crippen LogP contribution < -0.4 is 4.90 Å². The molecule has 1 saturated heterocycles. The molecule has 1 heterocycles. The van der Waals surface area contributed by atoms with Gasteiger partial charge >= 0.3 is 5.97 Å². The van der Waals surface area contributed by atoms with Gasteiger partial charge in [0.1, 0.15) is 0 Å². The third-order valence-corrected chi connectivity index (χ3v) is 4.17. The Morgan fingerprint density at radius 2 is 1.76 bits per heavy atom. The van der Waals surface area contributed by atoms with Crippen molar-refractivity contribution in [2.75, 3.05) is 31.7 Å². The lowest BCUT2D eigenvalue weighted by molar-refractivity contribution is -0.162. The summed E-state index contributed by atoms with van der Waals surface area (Å²) in [6, 6.07) is 20.0. The van der Waals surface area contributed by atoms with Crippen LogP contribution in [0.2, 0.25) is 0 Å². The lowest BCUT2D eigenvalue weighted by atomic mass is 10.1. The molecule has 0 saturated carbocycles. The Morgan fingerprint density at radius 1 is 1.08 bits per heavy atom. The Labute approximate surface area is 148 Å². The second-order valence-corrected chi connectivity index (χ2v) is 6.01. The fraction of sp³-hybridized carbons (Fsp3) is 0.350. The van der Waals surface area contributed by atoms with Crippen LogP contribution in [0.15, 0.2) is 60.7 Å². The van der Waals surface area contributed by atoms with E-state index < -0.39 is 6.10 Å². The highest BCUT2D eigenvalue weighted by atomic mass is 16.6. The minimum absolute atomic E-state index is 0.193. The Morgan fingerprint density at radius 3 is 2.44 bits per heavy atom. The molecule has 25 heavy (non-hydrogen) atoms. The Balaban J connectivity index is 1.62. The van der Waals surface area contributed by atoms with E-state index in [0.717, 1.165) is 11.3 Å². The van der Waals surface area contributed by atoms with Crippen LogP contribution in [0.25, 0.3) is 0 Å². The van der Waals surface area contributed by atoms with Crippen LogP contribution in [0, 0.1) is 0 Å². The number of anilines is 1. The van der Waals surface area contributed by atoms with Gasteiger partial charge in [-0.25, -0.2) is 4.79 Å². The number of methoxy groups -OCH3 is 1. The Hall–Kier alpha value is -2.37. The van der Waals surface area contributed by atoms with Gasteiger partial charge in [-0.3, -0.25) is 0 Å². The SMILES string of the molecule is COC(=O)C1CN(c2ccccc2)CC(COCc2ccccc2)O1. The van der Waals surface area contributed by atoms with Gasteiger partial charge in [-0.1, -0.05) is 48.5 Å². The normalized spacial score (nSPS) is 20.3. The molecule has 0 amide bonds. The number of hydrogen-bond acceptors (Lipinski definition) is 5. The molecule has 0 N–H and O–H groups in total. The fourth-order valence-electron chi connectivity index (χ4n) is 2.92. The molecule has 132 valence electrons. The quantitative estimate of drug-likeness (QED) is 0.756. The number of hydrogen-bond donors (Lipinski definition) is 0. The number of esters is 1. The zero-order valence-corrected chi connectivity index (χ0v) is 14.3. The van der Waals surface area contributed by atoms with E-state index in [2.05, 4.69) is 4.90 Å². The van der Waals surface area contributed by atoms with Crippen LogP contribution in [0.3, 0.4) is 0 Å². The van der Waals surface area contributed by atoms with Crippen molar-refractivity contribution < 1.29 is 19.0 Å². The molecule has 0 bridgehead atoms. The Bertz CT molecular complexity index is 662. The summed E-state index contributed by atoms with van der Waals surface area (Å²) < 4.78 is 16.6. The molecule has 2 aromatic rings. The smallest absolute Gasteiger partial charge is 0.336 e. The van der Waals surface area contributed by atoms with Gasteiger partial charge in [0.15, 0.2) is 6.10 Å². The van der Waals surface area contributed by atoms with E-state index in [1.807, 2.05) is 60.7 Å². The van der Waals surface area contributed by atoms with Crippen LogP contribution in [0.4, 0.5) is 5.69 Å². The number of ether oxygens (including phenoxy) is 3. The van der Waals surface area contributed by atoms with Gasteiger partial charge in [0.05, 0.1) is 33.0 Å². The van der Waals surface area contributed by atoms with E-state index in [-0.39, 0.29) is 12.1 Å². The molecule has 0 aromatic heterocycles. The van der Waals surface area contributed by atoms with E-state index in [1.165, 1.54) is 7.11 Å². The van der Waals surface area contributed by atoms with Crippen molar-refractivity contribution in [2.24, 2.45) is 0 Å². The second-order valence-electron chi connectivity index (χ2n) is 6.01. The van der Waals surface area contributed by atoms with Gasteiger partial charge in [-0.05, 0) is 17.7 Å². The Kier molecular flexibility index (Phi) is 6.04. The third-order valence-electron chi connectivity index (χ3n) is 4.17. The predicted octanol–water partition coefficient (Wildman–Crippen LogP) is 2.65. The molecule has 0 aliphatic carbocycles. The van der Waals surface area contributed by atoms with Gasteiger partial charge in [-0.2, -0.15) is 0 Å². The fourth-order valence-corrected chi connectivity index (χ4v) is 2.92. The average molecular weight is 341 g/mol. The number of carbonyl (C=O) groups excluding carboxylic acids is 1. The highest BCUT2D eigenvalue weighted by Gasteiger charge is 2.33. The first-order chi connectivity index (χ1) is 12.3. The third kappa shape index (κ3) is 4.81. The summed E-state index contributed by atoms with van der Waals surface area (Å²) in [6.07, 6.45) is -0.800. The van der Waals surface area contributed by atoms with Crippen molar-refractivity contribution in [3.8, 4) is 0 Å². The van der Waals surface area contributed by atoms with Crippen molar-refractivity contribution in [2.45, 2.75) is 18.8 Å². The van der Waals surface area contributed by atoms with E-state index >= 15 is 0 Å². The van der Waals surface area contributed by atoms with E-state index in [1.54, 1.807) is 0 Å². The summed E-state index contributed by atoms with van der Waals surface area (Å²) in [5.41, 5.74) is 2.18. The van der Waals surface area contributed by atoms with E-state index in [0.29, 0.717) is 26.3 Å². The predicted molar refractivity (Wildman–Crippen MR) is 95.4 cm³/mol.